The molecule has 22 heavy (non-hydrogen) atoms. The third kappa shape index (κ3) is 4.09. The second kappa shape index (κ2) is 6.40. The van der Waals surface area contributed by atoms with Gasteiger partial charge in [-0.1, -0.05) is 0 Å². The van der Waals surface area contributed by atoms with Crippen molar-refractivity contribution in [3.05, 3.63) is 28.2 Å². The smallest absolute Gasteiger partial charge is 0.410 e. The summed E-state index contributed by atoms with van der Waals surface area (Å²) in [6.07, 6.45) is -0.380. The number of rotatable bonds is 1. The standard InChI is InChI=1S/C15H19BrF2N2O2/c1-15(2,3)22-14(21)20-6-4-19(5-7-20)13-9-11(17)10(16)8-12(13)18/h8-9H,4-7H2,1-3H3. The fourth-order valence-electron chi connectivity index (χ4n) is 2.21. The molecular formula is C15H19BrF2N2O2. The van der Waals surface area contributed by atoms with E-state index in [0.717, 1.165) is 6.07 Å². The first-order valence-electron chi connectivity index (χ1n) is 7.05. The molecule has 2 rings (SSSR count). The predicted octanol–water partition coefficient (Wildman–Crippen LogP) is 3.78. The van der Waals surface area contributed by atoms with Gasteiger partial charge in [0.2, 0.25) is 0 Å². The molecule has 4 nitrogen and oxygen atoms in total. The number of benzene rings is 1. The van der Waals surface area contributed by atoms with Crippen molar-refractivity contribution >= 4 is 27.7 Å². The number of piperazine rings is 1. The normalized spacial score (nSPS) is 15.9. The van der Waals surface area contributed by atoms with Crippen LogP contribution in [0.5, 0.6) is 0 Å². The summed E-state index contributed by atoms with van der Waals surface area (Å²) in [6.45, 7) is 7.09. The molecule has 0 aliphatic carbocycles. The Morgan fingerprint density at radius 2 is 1.73 bits per heavy atom. The maximum absolute atomic E-state index is 13.9. The van der Waals surface area contributed by atoms with Crippen LogP contribution in [0.3, 0.4) is 0 Å². The number of carbonyl (C=O) groups is 1. The summed E-state index contributed by atoms with van der Waals surface area (Å²) in [5, 5.41) is 0. The van der Waals surface area contributed by atoms with Crippen molar-refractivity contribution in [2.75, 3.05) is 31.1 Å². The highest BCUT2D eigenvalue weighted by Gasteiger charge is 2.27. The summed E-state index contributed by atoms with van der Waals surface area (Å²) in [6, 6.07) is 2.29. The van der Waals surface area contributed by atoms with Gasteiger partial charge >= 0.3 is 6.09 Å². The van der Waals surface area contributed by atoms with E-state index in [0.29, 0.717) is 26.2 Å². The third-order valence-corrected chi connectivity index (χ3v) is 3.87. The molecule has 1 aromatic rings. The van der Waals surface area contributed by atoms with Gasteiger partial charge in [0.1, 0.15) is 17.2 Å². The number of halogens is 3. The van der Waals surface area contributed by atoms with Crippen LogP contribution < -0.4 is 4.90 Å². The molecule has 1 aliphatic rings. The average Bonchev–Trinajstić information content (AvgIpc) is 2.41. The number of ether oxygens (including phenoxy) is 1. The molecule has 122 valence electrons. The molecule has 0 aromatic heterocycles. The van der Waals surface area contributed by atoms with Crippen molar-refractivity contribution in [3.63, 3.8) is 0 Å². The largest absolute Gasteiger partial charge is 0.444 e. The quantitative estimate of drug-likeness (QED) is 0.699. The van der Waals surface area contributed by atoms with Crippen LogP contribution in [0.4, 0.5) is 19.3 Å². The van der Waals surface area contributed by atoms with Gasteiger partial charge in [0.15, 0.2) is 0 Å². The Bertz CT molecular complexity index is 567. The van der Waals surface area contributed by atoms with Gasteiger partial charge in [-0.3, -0.25) is 0 Å². The summed E-state index contributed by atoms with van der Waals surface area (Å²) in [4.78, 5) is 15.3. The lowest BCUT2D eigenvalue weighted by Gasteiger charge is -2.36. The zero-order chi connectivity index (χ0) is 16.5. The van der Waals surface area contributed by atoms with Gasteiger partial charge in [0.25, 0.3) is 0 Å². The lowest BCUT2D eigenvalue weighted by molar-refractivity contribution is 0.0240. The number of anilines is 1. The van der Waals surface area contributed by atoms with Gasteiger partial charge in [0, 0.05) is 32.2 Å². The van der Waals surface area contributed by atoms with Gasteiger partial charge in [-0.25, -0.2) is 13.6 Å². The monoisotopic (exact) mass is 376 g/mol. The zero-order valence-electron chi connectivity index (χ0n) is 12.8. The maximum Gasteiger partial charge on any atom is 0.410 e. The minimum atomic E-state index is -0.546. The van der Waals surface area contributed by atoms with Crippen LogP contribution >= 0.6 is 15.9 Å². The van der Waals surface area contributed by atoms with Gasteiger partial charge in [-0.15, -0.1) is 0 Å². The molecule has 0 saturated carbocycles. The summed E-state index contributed by atoms with van der Waals surface area (Å²) < 4.78 is 32.9. The van der Waals surface area contributed by atoms with E-state index >= 15 is 0 Å². The van der Waals surface area contributed by atoms with Crippen molar-refractivity contribution in [2.45, 2.75) is 26.4 Å². The van der Waals surface area contributed by atoms with Crippen LogP contribution in [0.2, 0.25) is 0 Å². The van der Waals surface area contributed by atoms with Crippen molar-refractivity contribution in [1.82, 2.24) is 4.90 Å². The Labute approximate surface area is 137 Å². The lowest BCUT2D eigenvalue weighted by Crippen LogP contribution is -2.50. The summed E-state index contributed by atoms with van der Waals surface area (Å²) in [5.74, 6) is -0.995. The van der Waals surface area contributed by atoms with Crippen molar-refractivity contribution in [3.8, 4) is 0 Å². The lowest BCUT2D eigenvalue weighted by atomic mass is 10.2. The molecule has 1 fully saturated rings. The Morgan fingerprint density at radius 3 is 2.27 bits per heavy atom. The van der Waals surface area contributed by atoms with Gasteiger partial charge in [-0.05, 0) is 42.8 Å². The van der Waals surface area contributed by atoms with Crippen LogP contribution in [-0.4, -0.2) is 42.8 Å². The highest BCUT2D eigenvalue weighted by Crippen LogP contribution is 2.27. The highest BCUT2D eigenvalue weighted by atomic mass is 79.9. The van der Waals surface area contributed by atoms with E-state index in [4.69, 9.17) is 4.74 Å². The van der Waals surface area contributed by atoms with Crippen LogP contribution in [0.25, 0.3) is 0 Å². The first-order chi connectivity index (χ1) is 10.2. The SMILES string of the molecule is CC(C)(C)OC(=O)N1CCN(c2cc(F)c(Br)cc2F)CC1. The fraction of sp³-hybridized carbons (Fsp3) is 0.533. The Hall–Kier alpha value is -1.37. The Balaban J connectivity index is 2.01. The second-order valence-electron chi connectivity index (χ2n) is 6.17. The van der Waals surface area contributed by atoms with Gasteiger partial charge < -0.3 is 14.5 Å². The van der Waals surface area contributed by atoms with E-state index in [1.54, 1.807) is 30.6 Å². The fourth-order valence-corrected chi connectivity index (χ4v) is 2.53. The molecule has 7 heteroatoms. The van der Waals surface area contributed by atoms with Gasteiger partial charge in [0.05, 0.1) is 10.2 Å². The van der Waals surface area contributed by atoms with E-state index in [9.17, 15) is 13.6 Å². The number of carbonyl (C=O) groups excluding carboxylic acids is 1. The molecule has 0 radical (unpaired) electrons. The summed E-state index contributed by atoms with van der Waals surface area (Å²) in [5.41, 5.74) is -0.334. The van der Waals surface area contributed by atoms with Crippen molar-refractivity contribution in [2.24, 2.45) is 0 Å². The van der Waals surface area contributed by atoms with E-state index in [2.05, 4.69) is 15.9 Å². The topological polar surface area (TPSA) is 32.8 Å². The molecule has 1 amide bonds. The minimum Gasteiger partial charge on any atom is -0.444 e. The molecule has 1 aliphatic heterocycles. The first kappa shape index (κ1) is 17.0. The molecule has 0 spiro atoms. The summed E-state index contributed by atoms with van der Waals surface area (Å²) >= 11 is 2.96. The minimum absolute atomic E-state index is 0.0983. The van der Waals surface area contributed by atoms with E-state index in [1.807, 2.05) is 0 Å². The zero-order valence-corrected chi connectivity index (χ0v) is 14.4. The molecule has 1 aromatic carbocycles. The first-order valence-corrected chi connectivity index (χ1v) is 7.84. The molecule has 0 bridgehead atoms. The molecule has 0 unspecified atom stereocenters. The maximum atomic E-state index is 13.9. The predicted molar refractivity (Wildman–Crippen MR) is 84.1 cm³/mol. The molecular weight excluding hydrogens is 358 g/mol. The number of nitrogens with zero attached hydrogens (tertiary/aromatic N) is 2. The van der Waals surface area contributed by atoms with Crippen LogP contribution in [-0.2, 0) is 4.74 Å². The van der Waals surface area contributed by atoms with Crippen LogP contribution in [0, 0.1) is 11.6 Å². The van der Waals surface area contributed by atoms with Crippen LogP contribution in [0.1, 0.15) is 20.8 Å². The molecule has 0 atom stereocenters. The Kier molecular flexibility index (Phi) is 4.94. The van der Waals surface area contributed by atoms with Crippen molar-refractivity contribution < 1.29 is 18.3 Å². The van der Waals surface area contributed by atoms with Crippen molar-refractivity contribution in [1.29, 1.82) is 0 Å². The Morgan fingerprint density at radius 1 is 1.14 bits per heavy atom. The number of amides is 1. The molecule has 1 saturated heterocycles. The number of hydrogen-bond donors (Lipinski definition) is 0. The van der Waals surface area contributed by atoms with E-state index < -0.39 is 17.2 Å². The van der Waals surface area contributed by atoms with E-state index in [-0.39, 0.29) is 16.3 Å². The summed E-state index contributed by atoms with van der Waals surface area (Å²) in [7, 11) is 0. The second-order valence-corrected chi connectivity index (χ2v) is 7.03. The van der Waals surface area contributed by atoms with E-state index in [1.165, 1.54) is 6.07 Å². The molecule has 0 N–H and O–H groups in total. The third-order valence-electron chi connectivity index (χ3n) is 3.26. The van der Waals surface area contributed by atoms with Crippen LogP contribution in [0.15, 0.2) is 16.6 Å². The average molecular weight is 377 g/mol. The highest BCUT2D eigenvalue weighted by molar-refractivity contribution is 9.10. The van der Waals surface area contributed by atoms with Gasteiger partial charge in [-0.2, -0.15) is 0 Å². The number of hydrogen-bond acceptors (Lipinski definition) is 3. The molecule has 1 heterocycles.